The van der Waals surface area contributed by atoms with Gasteiger partial charge in [0.05, 0.1) is 22.6 Å². The second kappa shape index (κ2) is 5.10. The standard InChI is InChI=1S/C15H17N3O/c1-10-8-9-12(11(2)17-10)15(19)18(3)14-7-5-4-6-13(14)16/h4-9H,16H2,1-3H3. The first-order valence-electron chi connectivity index (χ1n) is 6.07. The molecule has 0 atom stereocenters. The van der Waals surface area contributed by atoms with Gasteiger partial charge in [0, 0.05) is 12.7 Å². The van der Waals surface area contributed by atoms with Crippen molar-refractivity contribution in [2.24, 2.45) is 0 Å². The summed E-state index contributed by atoms with van der Waals surface area (Å²) in [6.07, 6.45) is 0. The number of amides is 1. The van der Waals surface area contributed by atoms with E-state index in [-0.39, 0.29) is 5.91 Å². The van der Waals surface area contributed by atoms with Gasteiger partial charge in [-0.1, -0.05) is 12.1 Å². The number of hydrogen-bond acceptors (Lipinski definition) is 3. The third kappa shape index (κ3) is 2.57. The van der Waals surface area contributed by atoms with Gasteiger partial charge in [-0.25, -0.2) is 0 Å². The Bertz CT molecular complexity index is 623. The summed E-state index contributed by atoms with van der Waals surface area (Å²) in [6, 6.07) is 10.9. The lowest BCUT2D eigenvalue weighted by atomic mass is 10.1. The van der Waals surface area contributed by atoms with Crippen LogP contribution in [0.5, 0.6) is 0 Å². The zero-order valence-electron chi connectivity index (χ0n) is 11.3. The summed E-state index contributed by atoms with van der Waals surface area (Å²) in [6.45, 7) is 3.74. The zero-order valence-corrected chi connectivity index (χ0v) is 11.3. The molecule has 0 aliphatic rings. The van der Waals surface area contributed by atoms with Crippen molar-refractivity contribution in [2.75, 3.05) is 17.7 Å². The Hall–Kier alpha value is -2.36. The van der Waals surface area contributed by atoms with Gasteiger partial charge in [0.1, 0.15) is 0 Å². The van der Waals surface area contributed by atoms with Gasteiger partial charge in [0.15, 0.2) is 0 Å². The fourth-order valence-electron chi connectivity index (χ4n) is 2.00. The molecule has 4 heteroatoms. The van der Waals surface area contributed by atoms with Gasteiger partial charge in [0.2, 0.25) is 0 Å². The van der Waals surface area contributed by atoms with E-state index in [1.807, 2.05) is 38.1 Å². The maximum absolute atomic E-state index is 12.5. The minimum absolute atomic E-state index is 0.108. The zero-order chi connectivity index (χ0) is 14.0. The summed E-state index contributed by atoms with van der Waals surface area (Å²) in [5, 5.41) is 0. The van der Waals surface area contributed by atoms with E-state index in [1.165, 1.54) is 0 Å². The third-order valence-electron chi connectivity index (χ3n) is 3.06. The SMILES string of the molecule is Cc1ccc(C(=O)N(C)c2ccccc2N)c(C)n1. The lowest BCUT2D eigenvalue weighted by Gasteiger charge is -2.20. The Morgan fingerprint density at radius 2 is 1.84 bits per heavy atom. The van der Waals surface area contributed by atoms with Crippen LogP contribution in [0, 0.1) is 13.8 Å². The van der Waals surface area contributed by atoms with Crippen LogP contribution in [0.15, 0.2) is 36.4 Å². The molecule has 2 aromatic rings. The maximum atomic E-state index is 12.5. The molecular weight excluding hydrogens is 238 g/mol. The average molecular weight is 255 g/mol. The Morgan fingerprint density at radius 3 is 2.47 bits per heavy atom. The van der Waals surface area contributed by atoms with Crippen LogP contribution >= 0.6 is 0 Å². The van der Waals surface area contributed by atoms with E-state index in [0.717, 1.165) is 11.4 Å². The average Bonchev–Trinajstić information content (AvgIpc) is 2.38. The van der Waals surface area contributed by atoms with E-state index < -0.39 is 0 Å². The summed E-state index contributed by atoms with van der Waals surface area (Å²) >= 11 is 0. The normalized spacial score (nSPS) is 10.3. The first-order chi connectivity index (χ1) is 9.00. The molecule has 0 spiro atoms. The van der Waals surface area contributed by atoms with Crippen LogP contribution in [0.1, 0.15) is 21.7 Å². The molecule has 0 aliphatic carbocycles. The highest BCUT2D eigenvalue weighted by Crippen LogP contribution is 2.23. The fourth-order valence-corrected chi connectivity index (χ4v) is 2.00. The quantitative estimate of drug-likeness (QED) is 0.839. The first-order valence-corrected chi connectivity index (χ1v) is 6.07. The van der Waals surface area contributed by atoms with Gasteiger partial charge in [-0.3, -0.25) is 9.78 Å². The number of nitrogen functional groups attached to an aromatic ring is 1. The van der Waals surface area contributed by atoms with Crippen molar-refractivity contribution < 1.29 is 4.79 Å². The van der Waals surface area contributed by atoms with Gasteiger partial charge < -0.3 is 10.6 Å². The molecule has 19 heavy (non-hydrogen) atoms. The van der Waals surface area contributed by atoms with Crippen molar-refractivity contribution in [3.63, 3.8) is 0 Å². The van der Waals surface area contributed by atoms with Gasteiger partial charge >= 0.3 is 0 Å². The number of nitrogens with two attached hydrogens (primary N) is 1. The predicted octanol–water partition coefficient (Wildman–Crippen LogP) is 2.56. The molecule has 1 aromatic heterocycles. The summed E-state index contributed by atoms with van der Waals surface area (Å²) in [4.78, 5) is 18.3. The predicted molar refractivity (Wildman–Crippen MR) is 77.3 cm³/mol. The minimum atomic E-state index is -0.108. The molecule has 0 fully saturated rings. The van der Waals surface area contributed by atoms with Gasteiger partial charge in [-0.15, -0.1) is 0 Å². The second-order valence-corrected chi connectivity index (χ2v) is 4.51. The van der Waals surface area contributed by atoms with Crippen molar-refractivity contribution in [3.8, 4) is 0 Å². The lowest BCUT2D eigenvalue weighted by Crippen LogP contribution is -2.28. The number of anilines is 2. The number of rotatable bonds is 2. The van der Waals surface area contributed by atoms with Crippen molar-refractivity contribution in [1.29, 1.82) is 0 Å². The number of pyridine rings is 1. The monoisotopic (exact) mass is 255 g/mol. The Morgan fingerprint density at radius 1 is 1.16 bits per heavy atom. The van der Waals surface area contributed by atoms with Gasteiger partial charge in [-0.2, -0.15) is 0 Å². The molecule has 0 aliphatic heterocycles. The molecule has 0 saturated heterocycles. The van der Waals surface area contributed by atoms with Crippen LogP contribution in [-0.4, -0.2) is 17.9 Å². The molecule has 0 bridgehead atoms. The van der Waals surface area contributed by atoms with E-state index in [2.05, 4.69) is 4.98 Å². The first kappa shape index (κ1) is 13.1. The van der Waals surface area contributed by atoms with Crippen molar-refractivity contribution in [1.82, 2.24) is 4.98 Å². The number of carbonyl (C=O) groups excluding carboxylic acids is 1. The number of para-hydroxylation sites is 2. The van der Waals surface area contributed by atoms with Crippen LogP contribution in [0.3, 0.4) is 0 Å². The Labute approximate surface area is 112 Å². The number of carbonyl (C=O) groups is 1. The highest BCUT2D eigenvalue weighted by molar-refractivity contribution is 6.07. The van der Waals surface area contributed by atoms with Gasteiger partial charge in [0.25, 0.3) is 5.91 Å². The van der Waals surface area contributed by atoms with Crippen LogP contribution in [-0.2, 0) is 0 Å². The molecular formula is C15H17N3O. The fraction of sp³-hybridized carbons (Fsp3) is 0.200. The Kier molecular flexibility index (Phi) is 3.51. The highest BCUT2D eigenvalue weighted by atomic mass is 16.2. The number of hydrogen-bond donors (Lipinski definition) is 1. The third-order valence-corrected chi connectivity index (χ3v) is 3.06. The number of aryl methyl sites for hydroxylation is 2. The van der Waals surface area contributed by atoms with Crippen LogP contribution in [0.25, 0.3) is 0 Å². The van der Waals surface area contributed by atoms with Gasteiger partial charge in [-0.05, 0) is 38.1 Å². The molecule has 4 nitrogen and oxygen atoms in total. The summed E-state index contributed by atoms with van der Waals surface area (Å²) < 4.78 is 0. The summed E-state index contributed by atoms with van der Waals surface area (Å²) in [5.74, 6) is -0.108. The highest BCUT2D eigenvalue weighted by Gasteiger charge is 2.17. The molecule has 98 valence electrons. The number of benzene rings is 1. The number of aromatic nitrogens is 1. The Balaban J connectivity index is 2.37. The second-order valence-electron chi connectivity index (χ2n) is 4.51. The molecule has 0 radical (unpaired) electrons. The van der Waals surface area contributed by atoms with E-state index in [9.17, 15) is 4.79 Å². The largest absolute Gasteiger partial charge is 0.397 e. The summed E-state index contributed by atoms with van der Waals surface area (Å²) in [7, 11) is 1.72. The molecule has 1 amide bonds. The van der Waals surface area contributed by atoms with Crippen LogP contribution in [0.2, 0.25) is 0 Å². The summed E-state index contributed by atoms with van der Waals surface area (Å²) in [5.41, 5.74) is 9.39. The van der Waals surface area contributed by atoms with E-state index in [4.69, 9.17) is 5.73 Å². The molecule has 0 unspecified atom stereocenters. The van der Waals surface area contributed by atoms with E-state index in [1.54, 1.807) is 24.1 Å². The maximum Gasteiger partial charge on any atom is 0.259 e. The van der Waals surface area contributed by atoms with Crippen molar-refractivity contribution in [2.45, 2.75) is 13.8 Å². The molecule has 2 N–H and O–H groups in total. The molecule has 1 heterocycles. The van der Waals surface area contributed by atoms with E-state index >= 15 is 0 Å². The molecule has 2 rings (SSSR count). The van der Waals surface area contributed by atoms with Crippen molar-refractivity contribution >= 4 is 17.3 Å². The smallest absolute Gasteiger partial charge is 0.259 e. The minimum Gasteiger partial charge on any atom is -0.397 e. The number of nitrogens with zero attached hydrogens (tertiary/aromatic N) is 2. The molecule has 1 aromatic carbocycles. The molecule has 0 saturated carbocycles. The van der Waals surface area contributed by atoms with Crippen LogP contribution < -0.4 is 10.6 Å². The lowest BCUT2D eigenvalue weighted by molar-refractivity contribution is 0.0992. The van der Waals surface area contributed by atoms with E-state index in [0.29, 0.717) is 16.9 Å². The van der Waals surface area contributed by atoms with Crippen molar-refractivity contribution in [3.05, 3.63) is 53.3 Å². The topological polar surface area (TPSA) is 59.2 Å². The van der Waals surface area contributed by atoms with Crippen LogP contribution in [0.4, 0.5) is 11.4 Å².